The Morgan fingerprint density at radius 2 is 1.86 bits per heavy atom. The molecule has 1 heterocycles. The molecule has 0 aromatic heterocycles. The van der Waals surface area contributed by atoms with E-state index in [0.29, 0.717) is 10.6 Å². The van der Waals surface area contributed by atoms with E-state index in [0.717, 1.165) is 17.7 Å². The molecule has 0 aliphatic carbocycles. The van der Waals surface area contributed by atoms with Crippen molar-refractivity contribution in [2.45, 2.75) is 38.8 Å². The minimum atomic E-state index is -0.900. The third-order valence-corrected chi connectivity index (χ3v) is 5.07. The van der Waals surface area contributed by atoms with Crippen molar-refractivity contribution in [1.82, 2.24) is 5.32 Å². The number of fused-ring (bicyclic) bond motifs is 1. The first-order chi connectivity index (χ1) is 13.9. The van der Waals surface area contributed by atoms with E-state index in [9.17, 15) is 14.4 Å². The summed E-state index contributed by atoms with van der Waals surface area (Å²) in [5.41, 5.74) is 2.42. The second-order valence-electron chi connectivity index (χ2n) is 7.03. The van der Waals surface area contributed by atoms with E-state index in [1.807, 2.05) is 31.2 Å². The van der Waals surface area contributed by atoms with Crippen LogP contribution in [0.2, 0.25) is 5.02 Å². The molecule has 0 spiro atoms. The second kappa shape index (κ2) is 9.09. The number of nitrogens with one attached hydrogen (secondary N) is 1. The predicted molar refractivity (Wildman–Crippen MR) is 111 cm³/mol. The van der Waals surface area contributed by atoms with Gasteiger partial charge >= 0.3 is 5.97 Å². The molecule has 29 heavy (non-hydrogen) atoms. The molecule has 0 bridgehead atoms. The Morgan fingerprint density at radius 1 is 1.17 bits per heavy atom. The lowest BCUT2D eigenvalue weighted by molar-refractivity contribution is -0.153. The topological polar surface area (TPSA) is 75.7 Å². The fourth-order valence-corrected chi connectivity index (χ4v) is 3.51. The number of halogens is 1. The van der Waals surface area contributed by atoms with Crippen LogP contribution in [0.4, 0.5) is 5.69 Å². The van der Waals surface area contributed by atoms with Crippen molar-refractivity contribution in [3.05, 3.63) is 64.7 Å². The molecule has 0 saturated carbocycles. The van der Waals surface area contributed by atoms with E-state index in [-0.39, 0.29) is 30.8 Å². The molecule has 3 rings (SSSR count). The number of carbonyl (C=O) groups is 3. The second-order valence-corrected chi connectivity index (χ2v) is 7.47. The van der Waals surface area contributed by atoms with E-state index in [1.54, 1.807) is 36.1 Å². The maximum absolute atomic E-state index is 12.8. The summed E-state index contributed by atoms with van der Waals surface area (Å²) < 4.78 is 5.29. The average Bonchev–Trinajstić information content (AvgIpc) is 3.03. The number of anilines is 1. The van der Waals surface area contributed by atoms with Crippen molar-refractivity contribution >= 4 is 35.1 Å². The maximum atomic E-state index is 12.8. The third kappa shape index (κ3) is 4.95. The Hall–Kier alpha value is -2.86. The number of esters is 1. The molecule has 0 radical (unpaired) electrons. The zero-order valence-corrected chi connectivity index (χ0v) is 17.1. The maximum Gasteiger partial charge on any atom is 0.308 e. The summed E-state index contributed by atoms with van der Waals surface area (Å²) in [5.74, 6) is -1.09. The van der Waals surface area contributed by atoms with Crippen molar-refractivity contribution in [2.75, 3.05) is 11.4 Å². The van der Waals surface area contributed by atoms with E-state index in [4.69, 9.17) is 16.3 Å². The normalized spacial score (nSPS) is 16.1. The first-order valence-corrected chi connectivity index (χ1v) is 9.89. The van der Waals surface area contributed by atoms with E-state index in [2.05, 4.69) is 5.32 Å². The van der Waals surface area contributed by atoms with Gasteiger partial charge in [-0.2, -0.15) is 0 Å². The van der Waals surface area contributed by atoms with Gasteiger partial charge < -0.3 is 15.0 Å². The summed E-state index contributed by atoms with van der Waals surface area (Å²) in [4.78, 5) is 38.6. The zero-order valence-electron chi connectivity index (χ0n) is 16.4. The molecule has 1 aliphatic heterocycles. The van der Waals surface area contributed by atoms with E-state index in [1.165, 1.54) is 0 Å². The molecule has 0 fully saturated rings. The van der Waals surface area contributed by atoms with Crippen LogP contribution in [0.3, 0.4) is 0 Å². The summed E-state index contributed by atoms with van der Waals surface area (Å²) in [6.45, 7) is 3.66. The van der Waals surface area contributed by atoms with Gasteiger partial charge in [-0.05, 0) is 56.2 Å². The molecule has 152 valence electrons. The van der Waals surface area contributed by atoms with Gasteiger partial charge in [0.05, 0.1) is 6.42 Å². The number of nitrogens with zero attached hydrogens (tertiary/aromatic N) is 1. The molecule has 2 aromatic carbocycles. The number of hydrogen-bond donors (Lipinski definition) is 1. The molecule has 0 unspecified atom stereocenters. The van der Waals surface area contributed by atoms with Crippen molar-refractivity contribution in [3.8, 4) is 0 Å². The molecular weight excluding hydrogens is 392 g/mol. The summed E-state index contributed by atoms with van der Waals surface area (Å²) in [5, 5.41) is 3.19. The quantitative estimate of drug-likeness (QED) is 0.735. The highest BCUT2D eigenvalue weighted by molar-refractivity contribution is 6.30. The zero-order chi connectivity index (χ0) is 21.0. The van der Waals surface area contributed by atoms with Gasteiger partial charge in [-0.1, -0.05) is 29.8 Å². The number of benzene rings is 2. The summed E-state index contributed by atoms with van der Waals surface area (Å²) in [7, 11) is 0. The molecule has 6 nitrogen and oxygen atoms in total. The van der Waals surface area contributed by atoms with Crippen molar-refractivity contribution in [2.24, 2.45) is 0 Å². The van der Waals surface area contributed by atoms with Crippen molar-refractivity contribution < 1.29 is 19.1 Å². The molecule has 7 heteroatoms. The minimum absolute atomic E-state index is 0.0136. The highest BCUT2D eigenvalue weighted by atomic mass is 35.5. The number of hydrogen-bond acceptors (Lipinski definition) is 4. The number of ether oxygens (including phenoxy) is 1. The number of rotatable bonds is 6. The van der Waals surface area contributed by atoms with Gasteiger partial charge in [-0.25, -0.2) is 0 Å². The Balaban J connectivity index is 1.48. The predicted octanol–water partition coefficient (Wildman–Crippen LogP) is 3.37. The standard InChI is InChI=1S/C22H23ClN2O4/c1-14-13-17-5-3-4-6-19(17)25(14)22(28)15(2)29-20(26)11-12-24-21(27)16-7-9-18(23)10-8-16/h3-10,14-15H,11-13H2,1-2H3,(H,24,27)/t14-,15+/m0/s1. The highest BCUT2D eigenvalue weighted by Gasteiger charge is 2.34. The Labute approximate surface area is 174 Å². The van der Waals surface area contributed by atoms with Crippen LogP contribution in [0, 0.1) is 0 Å². The van der Waals surface area contributed by atoms with Gasteiger partial charge in [0, 0.05) is 28.9 Å². The largest absolute Gasteiger partial charge is 0.452 e. The fraction of sp³-hybridized carbons (Fsp3) is 0.318. The molecule has 2 aromatic rings. The average molecular weight is 415 g/mol. The van der Waals surface area contributed by atoms with Gasteiger partial charge in [-0.15, -0.1) is 0 Å². The van der Waals surface area contributed by atoms with Gasteiger partial charge in [0.25, 0.3) is 11.8 Å². The first-order valence-electron chi connectivity index (χ1n) is 9.51. The van der Waals surface area contributed by atoms with Crippen molar-refractivity contribution in [3.63, 3.8) is 0 Å². The Bertz CT molecular complexity index is 913. The summed E-state index contributed by atoms with van der Waals surface area (Å²) in [6, 6.07) is 14.2. The lowest BCUT2D eigenvalue weighted by Gasteiger charge is -2.26. The molecule has 1 aliphatic rings. The van der Waals surface area contributed by atoms with Crippen LogP contribution in [0.5, 0.6) is 0 Å². The van der Waals surface area contributed by atoms with Gasteiger partial charge in [0.15, 0.2) is 6.10 Å². The lowest BCUT2D eigenvalue weighted by atomic mass is 10.1. The lowest BCUT2D eigenvalue weighted by Crippen LogP contribution is -2.43. The van der Waals surface area contributed by atoms with Crippen LogP contribution >= 0.6 is 11.6 Å². The van der Waals surface area contributed by atoms with Crippen LogP contribution in [0.25, 0.3) is 0 Å². The van der Waals surface area contributed by atoms with E-state index >= 15 is 0 Å². The molecule has 1 N–H and O–H groups in total. The number of para-hydroxylation sites is 1. The van der Waals surface area contributed by atoms with Gasteiger partial charge in [0.1, 0.15) is 0 Å². The Morgan fingerprint density at radius 3 is 2.59 bits per heavy atom. The molecule has 0 saturated heterocycles. The number of amides is 2. The van der Waals surface area contributed by atoms with Crippen molar-refractivity contribution in [1.29, 1.82) is 0 Å². The smallest absolute Gasteiger partial charge is 0.308 e. The van der Waals surface area contributed by atoms with Gasteiger partial charge in [-0.3, -0.25) is 14.4 Å². The minimum Gasteiger partial charge on any atom is -0.452 e. The van der Waals surface area contributed by atoms with Crippen LogP contribution < -0.4 is 10.2 Å². The fourth-order valence-electron chi connectivity index (χ4n) is 3.39. The molecule has 2 amide bonds. The van der Waals surface area contributed by atoms with E-state index < -0.39 is 12.1 Å². The van der Waals surface area contributed by atoms with Crippen LogP contribution in [-0.2, 0) is 20.7 Å². The first kappa shape index (κ1) is 20.9. The van der Waals surface area contributed by atoms with Crippen LogP contribution in [0.15, 0.2) is 48.5 Å². The van der Waals surface area contributed by atoms with Crippen LogP contribution in [-0.4, -0.2) is 36.5 Å². The SMILES string of the molecule is C[C@@H](OC(=O)CCNC(=O)c1ccc(Cl)cc1)C(=O)N1c2ccccc2C[C@@H]1C. The Kier molecular flexibility index (Phi) is 6.54. The number of carbonyl (C=O) groups excluding carboxylic acids is 3. The highest BCUT2D eigenvalue weighted by Crippen LogP contribution is 2.32. The van der Waals surface area contributed by atoms with Gasteiger partial charge in [0.2, 0.25) is 0 Å². The monoisotopic (exact) mass is 414 g/mol. The van der Waals surface area contributed by atoms with Crippen LogP contribution in [0.1, 0.15) is 36.2 Å². The third-order valence-electron chi connectivity index (χ3n) is 4.82. The molecule has 2 atom stereocenters. The summed E-state index contributed by atoms with van der Waals surface area (Å²) in [6.07, 6.45) is -0.148. The summed E-state index contributed by atoms with van der Waals surface area (Å²) >= 11 is 5.80. The molecular formula is C22H23ClN2O4.